The van der Waals surface area contributed by atoms with Crippen LogP contribution in [-0.2, 0) is 90.3 Å². The lowest BCUT2D eigenvalue weighted by Crippen LogP contribution is -2.53. The van der Waals surface area contributed by atoms with Crippen LogP contribution in [0.1, 0.15) is 203 Å². The third kappa shape index (κ3) is 25.8. The molecule has 4 aliphatic heterocycles. The third-order valence-electron chi connectivity index (χ3n) is 14.3. The molecular formula is C60H110O21. The maximum Gasteiger partial charge on any atom is 0.324 e. The van der Waals surface area contributed by atoms with E-state index in [4.69, 9.17) is 71.8 Å². The van der Waals surface area contributed by atoms with Gasteiger partial charge in [-0.2, -0.15) is 0 Å². The number of carbonyl (C=O) groups is 6. The summed E-state index contributed by atoms with van der Waals surface area (Å²) in [6.07, 6.45) is 13.1. The lowest BCUT2D eigenvalue weighted by molar-refractivity contribution is -0.286. The Morgan fingerprint density at radius 1 is 0.370 bits per heavy atom. The molecule has 0 aromatic carbocycles. The van der Waals surface area contributed by atoms with Crippen LogP contribution < -0.4 is 0 Å². The van der Waals surface area contributed by atoms with Gasteiger partial charge in [0.25, 0.3) is 0 Å². The van der Waals surface area contributed by atoms with Gasteiger partial charge in [0.15, 0.2) is 23.1 Å². The fourth-order valence-corrected chi connectivity index (χ4v) is 7.38. The minimum Gasteiger partial charge on any atom is -0.465 e. The minimum absolute atomic E-state index is 0. The Morgan fingerprint density at radius 3 is 0.864 bits per heavy atom. The number of unbranched alkanes of at least 4 members (excludes halogenated alkanes) is 10. The summed E-state index contributed by atoms with van der Waals surface area (Å²) in [4.78, 5) is 75.5. The summed E-state index contributed by atoms with van der Waals surface area (Å²) < 4.78 is 71.4. The van der Waals surface area contributed by atoms with Gasteiger partial charge in [-0.1, -0.05) is 92.9 Å². The molecular weight excluding hydrogens is 1060 g/mol. The van der Waals surface area contributed by atoms with E-state index < -0.39 is 105 Å². The maximum atomic E-state index is 13.2. The molecule has 4 saturated heterocycles. The highest BCUT2D eigenvalue weighted by Crippen LogP contribution is 2.36. The van der Waals surface area contributed by atoms with Gasteiger partial charge in [-0.25, -0.2) is 0 Å². The van der Waals surface area contributed by atoms with Crippen LogP contribution >= 0.6 is 0 Å². The van der Waals surface area contributed by atoms with Crippen molar-refractivity contribution in [3.8, 4) is 0 Å². The van der Waals surface area contributed by atoms with Gasteiger partial charge in [-0.15, -0.1) is 0 Å². The van der Waals surface area contributed by atoms with Crippen LogP contribution in [0.4, 0.5) is 0 Å². The van der Waals surface area contributed by atoms with Gasteiger partial charge in [0.2, 0.25) is 0 Å². The fourth-order valence-electron chi connectivity index (χ4n) is 7.38. The summed E-state index contributed by atoms with van der Waals surface area (Å²) in [6, 6.07) is 0. The van der Waals surface area contributed by atoms with E-state index in [9.17, 15) is 28.8 Å². The van der Waals surface area contributed by atoms with Crippen molar-refractivity contribution < 1.29 is 101 Å². The van der Waals surface area contributed by atoms with Crippen molar-refractivity contribution in [1.82, 2.24) is 0 Å². The quantitative estimate of drug-likeness (QED) is 0.0353. The van der Waals surface area contributed by atoms with Gasteiger partial charge in [0, 0.05) is 0 Å². The highest BCUT2D eigenvalue weighted by Gasteiger charge is 2.50. The van der Waals surface area contributed by atoms with E-state index in [2.05, 4.69) is 13.8 Å². The largest absolute Gasteiger partial charge is 0.465 e. The van der Waals surface area contributed by atoms with Gasteiger partial charge in [-0.05, 0) is 110 Å². The Labute approximate surface area is 485 Å². The van der Waals surface area contributed by atoms with Gasteiger partial charge >= 0.3 is 35.8 Å². The second kappa shape index (κ2) is 33.9. The van der Waals surface area contributed by atoms with E-state index in [0.29, 0.717) is 6.61 Å². The van der Waals surface area contributed by atoms with E-state index in [-0.39, 0.29) is 87.5 Å². The molecule has 0 unspecified atom stereocenters. The molecule has 21 heteroatoms. The number of aliphatic hydroxyl groups excluding tert-OH is 2. The number of ether oxygens (including phenoxy) is 13. The summed E-state index contributed by atoms with van der Waals surface area (Å²) >= 11 is 0. The summed E-state index contributed by atoms with van der Waals surface area (Å²) in [6.45, 7) is 28.4. The molecule has 81 heavy (non-hydrogen) atoms. The molecule has 0 bridgehead atoms. The number of hydrogen-bond acceptors (Lipinski definition) is 21. The van der Waals surface area contributed by atoms with Crippen molar-refractivity contribution >= 4 is 35.8 Å². The van der Waals surface area contributed by atoms with Gasteiger partial charge in [0.1, 0.15) is 45.7 Å². The molecule has 0 radical (unpaired) electrons. The van der Waals surface area contributed by atoms with Crippen LogP contribution in [0.3, 0.4) is 0 Å². The van der Waals surface area contributed by atoms with E-state index in [1.807, 2.05) is 0 Å². The van der Waals surface area contributed by atoms with Crippen molar-refractivity contribution in [3.63, 3.8) is 0 Å². The molecule has 476 valence electrons. The first-order valence-electron chi connectivity index (χ1n) is 28.3. The Kier molecular flexibility index (Phi) is 32.5. The summed E-state index contributed by atoms with van der Waals surface area (Å²) in [5.41, 5.74) is -6.68. The highest BCUT2D eigenvalue weighted by molar-refractivity contribution is 5.91. The summed E-state index contributed by atoms with van der Waals surface area (Å²) in [7, 11) is 0. The average Bonchev–Trinajstić information content (AvgIpc) is 3.40. The van der Waals surface area contributed by atoms with E-state index in [0.717, 1.165) is 44.9 Å². The average molecular weight is 1170 g/mol. The van der Waals surface area contributed by atoms with Gasteiger partial charge in [-0.3, -0.25) is 28.8 Å². The zero-order valence-corrected chi connectivity index (χ0v) is 51.0. The van der Waals surface area contributed by atoms with Crippen LogP contribution in [0.5, 0.6) is 0 Å². The van der Waals surface area contributed by atoms with Crippen LogP contribution in [0.25, 0.3) is 0 Å². The number of rotatable bonds is 26. The first-order valence-corrected chi connectivity index (χ1v) is 28.3. The standard InChI is InChI=1S/C29H50O10.C16H26O7.C13H26O4.2CH4/c1-9-10-11-12-13-14-15-33-22(30)27(6,16-34-23(31)28(7)18-36-25(2,3)37-19-28)17-35-24(32)29(8)20-38-26(4,5)39-21-29;1-13(2)19-7-15(5,8-20-13)11(17)23-12(18)16(6)9-21-14(3,4)22-10-16;1-3-4-5-6-7-8-9-17-12(16)13(2,10-14)11-15;;/h9-21H2,1-8H3;7-10H2,1-6H3;14-15H,3-11H2,1-2H3;2*1H4. The molecule has 2 N–H and O–H groups in total. The maximum absolute atomic E-state index is 13.2. The SMILES string of the molecule is C.C.CC1(C)OCC(C)(C(=O)OC(=O)C2(C)COC(C)(C)OC2)CO1.CCCCCCCCOC(=O)C(C)(CO)CO.CCCCCCCCOC(=O)C(C)(COC(=O)C1(C)COC(C)(C)OC1)COC(=O)C1(C)COC(C)(C)OC1. The Balaban J connectivity index is 0.00000129. The van der Waals surface area contributed by atoms with Crippen LogP contribution in [-0.4, -0.2) is 162 Å². The number of esters is 6. The molecule has 0 amide bonds. The van der Waals surface area contributed by atoms with Gasteiger partial charge in [0.05, 0.1) is 79.3 Å². The lowest BCUT2D eigenvalue weighted by atomic mass is 9.89. The molecule has 4 rings (SSSR count). The molecule has 4 heterocycles. The molecule has 4 aliphatic rings. The smallest absolute Gasteiger partial charge is 0.324 e. The normalized spacial score (nSPS) is 20.7. The number of carbonyl (C=O) groups excluding carboxylic acids is 6. The predicted octanol–water partition coefficient (Wildman–Crippen LogP) is 9.35. The molecule has 0 aliphatic carbocycles. The molecule has 4 fully saturated rings. The number of hydrogen-bond donors (Lipinski definition) is 2. The van der Waals surface area contributed by atoms with Crippen molar-refractivity contribution in [3.05, 3.63) is 0 Å². The Bertz CT molecular complexity index is 1790. The minimum atomic E-state index is -1.41. The first-order chi connectivity index (χ1) is 36.5. The molecule has 0 aromatic rings. The fraction of sp³-hybridized carbons (Fsp3) is 0.900. The zero-order valence-electron chi connectivity index (χ0n) is 51.0. The predicted molar refractivity (Wildman–Crippen MR) is 302 cm³/mol. The summed E-state index contributed by atoms with van der Waals surface area (Å²) in [5, 5.41) is 18.0. The van der Waals surface area contributed by atoms with Crippen molar-refractivity contribution in [2.24, 2.45) is 32.5 Å². The molecule has 0 saturated carbocycles. The molecule has 21 nitrogen and oxygen atoms in total. The second-order valence-corrected chi connectivity index (χ2v) is 25.2. The van der Waals surface area contributed by atoms with E-state index in [1.54, 1.807) is 90.0 Å². The van der Waals surface area contributed by atoms with E-state index >= 15 is 0 Å². The third-order valence-corrected chi connectivity index (χ3v) is 14.3. The Hall–Kier alpha value is -3.38. The number of aliphatic hydroxyl groups is 2. The van der Waals surface area contributed by atoms with Crippen molar-refractivity contribution in [2.45, 2.75) is 226 Å². The van der Waals surface area contributed by atoms with Crippen molar-refractivity contribution in [1.29, 1.82) is 0 Å². The van der Waals surface area contributed by atoms with E-state index in [1.165, 1.54) is 39.0 Å². The lowest BCUT2D eigenvalue weighted by Gasteiger charge is -2.41. The second-order valence-electron chi connectivity index (χ2n) is 25.2. The Morgan fingerprint density at radius 2 is 0.605 bits per heavy atom. The molecule has 0 aromatic heterocycles. The molecule has 0 spiro atoms. The molecule has 0 atom stereocenters. The van der Waals surface area contributed by atoms with Crippen LogP contribution in [0.15, 0.2) is 0 Å². The zero-order chi connectivity index (χ0) is 60.0. The van der Waals surface area contributed by atoms with Crippen LogP contribution in [0, 0.1) is 32.5 Å². The summed E-state index contributed by atoms with van der Waals surface area (Å²) in [5.74, 6) is -6.64. The topological polar surface area (TPSA) is 263 Å². The first kappa shape index (κ1) is 77.6. The highest BCUT2D eigenvalue weighted by atomic mass is 16.7. The monoisotopic (exact) mass is 1170 g/mol. The van der Waals surface area contributed by atoms with Crippen LogP contribution in [0.2, 0.25) is 0 Å². The van der Waals surface area contributed by atoms with Gasteiger partial charge < -0.3 is 71.8 Å². The van der Waals surface area contributed by atoms with Crippen molar-refractivity contribution in [2.75, 3.05) is 92.5 Å².